The molecule has 1 aromatic carbocycles. The minimum atomic E-state index is -3.06. The zero-order valence-electron chi connectivity index (χ0n) is 10.5. The average molecular weight is 327 g/mol. The van der Waals surface area contributed by atoms with Crippen LogP contribution in [-0.4, -0.2) is 35.3 Å². The highest BCUT2D eigenvalue weighted by Crippen LogP contribution is 2.24. The van der Waals surface area contributed by atoms with Gasteiger partial charge < -0.3 is 10.1 Å². The number of hydrogen-bond acceptors (Lipinski definition) is 4. The lowest BCUT2D eigenvalue weighted by Crippen LogP contribution is -2.29. The minimum absolute atomic E-state index is 0.0156. The molecule has 1 rings (SSSR count). The van der Waals surface area contributed by atoms with Gasteiger partial charge in [-0.15, -0.1) is 0 Å². The lowest BCUT2D eigenvalue weighted by molar-refractivity contribution is -0.0501. The Labute approximate surface area is 120 Å². The predicted molar refractivity (Wildman–Crippen MR) is 72.1 cm³/mol. The summed E-state index contributed by atoms with van der Waals surface area (Å²) in [6, 6.07) is 3.67. The van der Waals surface area contributed by atoms with E-state index >= 15 is 0 Å². The monoisotopic (exact) mass is 326 g/mol. The van der Waals surface area contributed by atoms with Gasteiger partial charge in [-0.05, 0) is 18.2 Å². The van der Waals surface area contributed by atoms with Crippen LogP contribution in [0.4, 0.5) is 8.78 Å². The van der Waals surface area contributed by atoms with Crippen molar-refractivity contribution in [2.24, 2.45) is 0 Å². The van der Waals surface area contributed by atoms with Crippen molar-refractivity contribution in [1.29, 1.82) is 4.78 Å². The van der Waals surface area contributed by atoms with E-state index in [9.17, 15) is 17.8 Å². The van der Waals surface area contributed by atoms with Crippen LogP contribution < -0.4 is 10.1 Å². The molecule has 2 N–H and O–H groups in total. The Morgan fingerprint density at radius 2 is 2.20 bits per heavy atom. The van der Waals surface area contributed by atoms with E-state index in [0.29, 0.717) is 0 Å². The molecule has 1 amide bonds. The first-order valence-corrected chi connectivity index (χ1v) is 7.94. The summed E-state index contributed by atoms with van der Waals surface area (Å²) >= 11 is 5.71. The van der Waals surface area contributed by atoms with E-state index in [-0.39, 0.29) is 28.6 Å². The van der Waals surface area contributed by atoms with Crippen LogP contribution in [0.25, 0.3) is 0 Å². The number of hydrogen-bond donors (Lipinski definition) is 2. The van der Waals surface area contributed by atoms with Crippen LogP contribution in [0.5, 0.6) is 5.75 Å². The number of nitrogens with one attached hydrogen (secondary N) is 2. The molecule has 0 aliphatic heterocycles. The molecule has 0 aliphatic carbocycles. The zero-order valence-corrected chi connectivity index (χ0v) is 12.1. The fraction of sp³-hybridized carbons (Fsp3) is 0.364. The second kappa shape index (κ2) is 6.85. The van der Waals surface area contributed by atoms with Crippen LogP contribution in [-0.2, 0) is 9.73 Å². The second-order valence-corrected chi connectivity index (χ2v) is 6.84. The van der Waals surface area contributed by atoms with Crippen molar-refractivity contribution in [3.05, 3.63) is 28.8 Å². The lowest BCUT2D eigenvalue weighted by Gasteiger charge is -2.11. The molecule has 0 spiro atoms. The van der Waals surface area contributed by atoms with Crippen LogP contribution >= 0.6 is 11.6 Å². The normalized spacial score (nSPS) is 13.8. The van der Waals surface area contributed by atoms with Crippen molar-refractivity contribution in [3.8, 4) is 5.75 Å². The second-order valence-electron chi connectivity index (χ2n) is 3.98. The minimum Gasteiger partial charge on any atom is -0.434 e. The first kappa shape index (κ1) is 16.6. The number of carbonyl (C=O) groups is 1. The molecule has 0 radical (unpaired) electrons. The van der Waals surface area contributed by atoms with Gasteiger partial charge in [0.1, 0.15) is 5.75 Å². The maximum absolute atomic E-state index is 12.2. The zero-order chi connectivity index (χ0) is 15.3. The quantitative estimate of drug-likeness (QED) is 0.842. The van der Waals surface area contributed by atoms with Crippen LogP contribution in [0.1, 0.15) is 10.4 Å². The van der Waals surface area contributed by atoms with Crippen LogP contribution in [0, 0.1) is 4.78 Å². The molecule has 1 aromatic rings. The maximum atomic E-state index is 12.2. The van der Waals surface area contributed by atoms with Crippen LogP contribution in [0.2, 0.25) is 5.02 Å². The van der Waals surface area contributed by atoms with E-state index in [1.807, 2.05) is 0 Å². The number of amides is 1. The van der Waals surface area contributed by atoms with Crippen molar-refractivity contribution in [2.45, 2.75) is 6.61 Å². The predicted octanol–water partition coefficient (Wildman–Crippen LogP) is 2.35. The molecule has 0 saturated carbocycles. The Balaban J connectivity index is 2.82. The number of ether oxygens (including phenoxy) is 1. The van der Waals surface area contributed by atoms with Gasteiger partial charge in [-0.1, -0.05) is 11.6 Å². The Hall–Kier alpha value is -1.41. The summed E-state index contributed by atoms with van der Waals surface area (Å²) in [5, 5.41) is 2.57. The van der Waals surface area contributed by atoms with E-state index in [2.05, 4.69) is 10.1 Å². The highest BCUT2D eigenvalue weighted by atomic mass is 35.5. The van der Waals surface area contributed by atoms with E-state index in [0.717, 1.165) is 6.07 Å². The lowest BCUT2D eigenvalue weighted by atomic mass is 10.2. The Morgan fingerprint density at radius 3 is 2.75 bits per heavy atom. The van der Waals surface area contributed by atoms with E-state index in [1.165, 1.54) is 18.4 Å². The summed E-state index contributed by atoms with van der Waals surface area (Å²) in [5.41, 5.74) is -0.148. The topological polar surface area (TPSA) is 79.3 Å². The first-order chi connectivity index (χ1) is 9.19. The van der Waals surface area contributed by atoms with Gasteiger partial charge in [0, 0.05) is 33.3 Å². The third-order valence-corrected chi connectivity index (χ3v) is 3.40. The van der Waals surface area contributed by atoms with Crippen molar-refractivity contribution in [3.63, 3.8) is 0 Å². The molecule has 0 aromatic heterocycles. The molecule has 20 heavy (non-hydrogen) atoms. The number of alkyl halides is 2. The summed E-state index contributed by atoms with van der Waals surface area (Å²) in [6.07, 6.45) is 1.24. The summed E-state index contributed by atoms with van der Waals surface area (Å²) in [6.45, 7) is -3.08. The standard InChI is InChI=1S/C11H13ClF2N2O3S/c1-20(15,18)5-4-16-10(17)8-6-7(12)2-3-9(8)19-11(13)14/h2-3,6,11,15H,4-5H2,1H3,(H,16,17). The number of halogens is 3. The summed E-state index contributed by atoms with van der Waals surface area (Å²) in [5.74, 6) is -1.03. The number of rotatable bonds is 6. The smallest absolute Gasteiger partial charge is 0.387 e. The Kier molecular flexibility index (Phi) is 5.70. The van der Waals surface area contributed by atoms with E-state index < -0.39 is 22.2 Å². The molecule has 0 bridgehead atoms. The van der Waals surface area contributed by atoms with E-state index in [1.54, 1.807) is 0 Å². The molecule has 5 nitrogen and oxygen atoms in total. The number of carbonyl (C=O) groups excluding carboxylic acids is 1. The molecule has 1 unspecified atom stereocenters. The third-order valence-electron chi connectivity index (χ3n) is 2.18. The van der Waals surface area contributed by atoms with Gasteiger partial charge in [0.15, 0.2) is 0 Å². The van der Waals surface area contributed by atoms with Crippen molar-refractivity contribution in [1.82, 2.24) is 5.32 Å². The molecule has 112 valence electrons. The van der Waals surface area contributed by atoms with Gasteiger partial charge >= 0.3 is 6.61 Å². The molecular weight excluding hydrogens is 314 g/mol. The number of benzene rings is 1. The summed E-state index contributed by atoms with van der Waals surface area (Å²) < 4.78 is 47.0. The fourth-order valence-electron chi connectivity index (χ4n) is 1.33. The van der Waals surface area contributed by atoms with E-state index in [4.69, 9.17) is 16.4 Å². The Morgan fingerprint density at radius 1 is 1.55 bits per heavy atom. The van der Waals surface area contributed by atoms with Gasteiger partial charge in [0.2, 0.25) is 0 Å². The van der Waals surface area contributed by atoms with Crippen molar-refractivity contribution in [2.75, 3.05) is 18.6 Å². The van der Waals surface area contributed by atoms with Gasteiger partial charge in [-0.2, -0.15) is 8.78 Å². The SMILES string of the molecule is CS(=N)(=O)CCNC(=O)c1cc(Cl)ccc1OC(F)F. The highest BCUT2D eigenvalue weighted by molar-refractivity contribution is 7.91. The molecule has 0 aliphatic rings. The molecule has 1 atom stereocenters. The van der Waals surface area contributed by atoms with Crippen molar-refractivity contribution < 1.29 is 22.5 Å². The average Bonchev–Trinajstić information content (AvgIpc) is 2.29. The third kappa shape index (κ3) is 5.70. The molecular formula is C11H13ClF2N2O3S. The summed E-state index contributed by atoms with van der Waals surface area (Å²) in [7, 11) is -2.73. The van der Waals surface area contributed by atoms with Gasteiger partial charge in [-0.3, -0.25) is 13.8 Å². The van der Waals surface area contributed by atoms with Gasteiger partial charge in [-0.25, -0.2) is 0 Å². The first-order valence-electron chi connectivity index (χ1n) is 5.43. The molecule has 0 fully saturated rings. The maximum Gasteiger partial charge on any atom is 0.387 e. The van der Waals surface area contributed by atoms with Gasteiger partial charge in [0.05, 0.1) is 5.56 Å². The van der Waals surface area contributed by atoms with Gasteiger partial charge in [0.25, 0.3) is 5.91 Å². The van der Waals surface area contributed by atoms with Crippen molar-refractivity contribution >= 4 is 27.2 Å². The molecule has 0 heterocycles. The highest BCUT2D eigenvalue weighted by Gasteiger charge is 2.16. The molecule has 9 heteroatoms. The Bertz CT molecular complexity index is 593. The van der Waals surface area contributed by atoms with Crippen LogP contribution in [0.3, 0.4) is 0 Å². The summed E-state index contributed by atoms with van der Waals surface area (Å²) in [4.78, 5) is 11.8. The molecule has 0 saturated heterocycles. The largest absolute Gasteiger partial charge is 0.434 e. The van der Waals surface area contributed by atoms with Crippen LogP contribution in [0.15, 0.2) is 18.2 Å². The fourth-order valence-corrected chi connectivity index (χ4v) is 2.00.